The van der Waals surface area contributed by atoms with Crippen molar-refractivity contribution in [3.63, 3.8) is 0 Å². The molecule has 0 unspecified atom stereocenters. The van der Waals surface area contributed by atoms with Gasteiger partial charge in [-0.25, -0.2) is 0 Å². The number of hydrogen-bond acceptors (Lipinski definition) is 6. The highest BCUT2D eigenvalue weighted by atomic mass is 16.5. The summed E-state index contributed by atoms with van der Waals surface area (Å²) in [6.45, 7) is 4.94. The second-order valence-electron chi connectivity index (χ2n) is 8.09. The van der Waals surface area contributed by atoms with Crippen LogP contribution in [0.5, 0.6) is 11.5 Å². The molecule has 7 nitrogen and oxygen atoms in total. The number of nitrogens with one attached hydrogen (secondary N) is 1. The fourth-order valence-corrected chi connectivity index (χ4v) is 4.21. The molecule has 0 saturated carbocycles. The molecule has 0 radical (unpaired) electrons. The standard InChI is InChI=1S/C25H28N4O3/c1-2-27-24-21-14-22(23(30)13-17(21)6-5-10-28-24)25(31)29-15-18-7-8-20(12-19(18)16-29)32-11-4-3-9-26/h7-8,12-14,30H,2-6,10-11,15-16H2,1H3,(H,27,28). The molecule has 4 rings (SSSR count). The molecule has 0 spiro atoms. The molecule has 1 amide bonds. The number of rotatable bonds is 6. The molecule has 0 bridgehead atoms. The largest absolute Gasteiger partial charge is 0.507 e. The first-order valence-electron chi connectivity index (χ1n) is 11.2. The van der Waals surface area contributed by atoms with E-state index in [-0.39, 0.29) is 11.7 Å². The van der Waals surface area contributed by atoms with E-state index in [2.05, 4.69) is 16.4 Å². The highest BCUT2D eigenvalue weighted by molar-refractivity contribution is 6.04. The Morgan fingerprint density at radius 3 is 2.91 bits per heavy atom. The van der Waals surface area contributed by atoms with Gasteiger partial charge in [0.05, 0.1) is 18.2 Å². The molecule has 0 fully saturated rings. The van der Waals surface area contributed by atoms with E-state index >= 15 is 0 Å². The van der Waals surface area contributed by atoms with Crippen molar-refractivity contribution in [3.05, 3.63) is 58.1 Å². The summed E-state index contributed by atoms with van der Waals surface area (Å²) >= 11 is 0. The number of phenolic OH excluding ortho intramolecular Hbond substituents is 1. The van der Waals surface area contributed by atoms with Gasteiger partial charge in [0, 0.05) is 38.2 Å². The third-order valence-corrected chi connectivity index (χ3v) is 5.81. The molecule has 166 valence electrons. The van der Waals surface area contributed by atoms with Crippen molar-refractivity contribution in [2.45, 2.75) is 45.7 Å². The molecule has 7 heteroatoms. The normalized spacial score (nSPS) is 14.6. The molecular weight excluding hydrogens is 404 g/mol. The van der Waals surface area contributed by atoms with Crippen LogP contribution in [0.4, 0.5) is 0 Å². The molecule has 0 aromatic heterocycles. The number of aromatic hydroxyl groups is 1. The number of unbranched alkanes of at least 4 members (excludes halogenated alkanes) is 1. The number of amidine groups is 1. The number of hydrogen-bond donors (Lipinski definition) is 2. The zero-order chi connectivity index (χ0) is 22.5. The fraction of sp³-hybridized carbons (Fsp3) is 0.400. The van der Waals surface area contributed by atoms with Crippen molar-refractivity contribution in [2.75, 3.05) is 19.7 Å². The number of amides is 1. The monoisotopic (exact) mass is 432 g/mol. The van der Waals surface area contributed by atoms with E-state index in [1.807, 2.05) is 25.1 Å². The molecule has 32 heavy (non-hydrogen) atoms. The molecule has 0 aliphatic carbocycles. The Balaban J connectivity index is 1.52. The first-order chi connectivity index (χ1) is 15.6. The van der Waals surface area contributed by atoms with E-state index in [1.165, 1.54) is 0 Å². The molecule has 2 N–H and O–H groups in total. The Bertz CT molecular complexity index is 1090. The Hall–Kier alpha value is -3.53. The Labute approximate surface area is 188 Å². The summed E-state index contributed by atoms with van der Waals surface area (Å²) in [6, 6.07) is 11.5. The van der Waals surface area contributed by atoms with Crippen molar-refractivity contribution in [2.24, 2.45) is 4.99 Å². The summed E-state index contributed by atoms with van der Waals surface area (Å²) in [4.78, 5) is 19.7. The third kappa shape index (κ3) is 4.54. The average Bonchev–Trinajstić information content (AvgIpc) is 3.12. The quantitative estimate of drug-likeness (QED) is 0.681. The predicted octanol–water partition coefficient (Wildman–Crippen LogP) is 3.53. The van der Waals surface area contributed by atoms with Crippen LogP contribution in [0, 0.1) is 11.3 Å². The molecule has 2 aliphatic rings. The molecule has 0 atom stereocenters. The SMILES string of the molecule is CCNC1=NCCCc2cc(O)c(C(=O)N3Cc4ccc(OCCCC#N)cc4C3)cc21. The molecule has 2 heterocycles. The summed E-state index contributed by atoms with van der Waals surface area (Å²) in [7, 11) is 0. The second-order valence-corrected chi connectivity index (χ2v) is 8.09. The number of aliphatic imine (C=N–C) groups is 1. The summed E-state index contributed by atoms with van der Waals surface area (Å²) in [5, 5.41) is 22.6. The van der Waals surface area contributed by atoms with Gasteiger partial charge in [0.2, 0.25) is 0 Å². The third-order valence-electron chi connectivity index (χ3n) is 5.81. The van der Waals surface area contributed by atoms with E-state index in [1.54, 1.807) is 17.0 Å². The molecule has 0 saturated heterocycles. The summed E-state index contributed by atoms with van der Waals surface area (Å²) < 4.78 is 5.73. The number of benzene rings is 2. The minimum atomic E-state index is -0.196. The summed E-state index contributed by atoms with van der Waals surface area (Å²) in [6.07, 6.45) is 2.89. The minimum Gasteiger partial charge on any atom is -0.507 e. The van der Waals surface area contributed by atoms with E-state index in [0.29, 0.717) is 38.1 Å². The maximum atomic E-state index is 13.3. The van der Waals surface area contributed by atoms with Gasteiger partial charge in [-0.05, 0) is 67.1 Å². The number of aryl methyl sites for hydroxylation is 1. The Morgan fingerprint density at radius 1 is 1.25 bits per heavy atom. The van der Waals surface area contributed by atoms with Crippen molar-refractivity contribution >= 4 is 11.7 Å². The van der Waals surface area contributed by atoms with Crippen molar-refractivity contribution in [3.8, 4) is 17.6 Å². The molecule has 2 aliphatic heterocycles. The number of carbonyl (C=O) groups excluding carboxylic acids is 1. The van der Waals surface area contributed by atoms with Gasteiger partial charge >= 0.3 is 0 Å². The highest BCUT2D eigenvalue weighted by Crippen LogP contribution is 2.31. The maximum Gasteiger partial charge on any atom is 0.258 e. The van der Waals surface area contributed by atoms with Gasteiger partial charge in [-0.3, -0.25) is 9.79 Å². The van der Waals surface area contributed by atoms with Gasteiger partial charge in [-0.1, -0.05) is 6.07 Å². The van der Waals surface area contributed by atoms with Gasteiger partial charge in [0.25, 0.3) is 5.91 Å². The number of nitrogens with zero attached hydrogens (tertiary/aromatic N) is 3. The van der Waals surface area contributed by atoms with Gasteiger partial charge in [0.1, 0.15) is 17.3 Å². The zero-order valence-electron chi connectivity index (χ0n) is 18.4. The first kappa shape index (κ1) is 21.7. The van der Waals surface area contributed by atoms with Crippen LogP contribution in [0.2, 0.25) is 0 Å². The zero-order valence-corrected chi connectivity index (χ0v) is 18.4. The van der Waals surface area contributed by atoms with Gasteiger partial charge in [-0.15, -0.1) is 0 Å². The van der Waals surface area contributed by atoms with E-state index in [4.69, 9.17) is 10.00 Å². The number of phenols is 1. The lowest BCUT2D eigenvalue weighted by Crippen LogP contribution is -2.28. The summed E-state index contributed by atoms with van der Waals surface area (Å²) in [5.41, 5.74) is 4.33. The van der Waals surface area contributed by atoms with Crippen LogP contribution in [0.3, 0.4) is 0 Å². The molecule has 2 aromatic rings. The summed E-state index contributed by atoms with van der Waals surface area (Å²) in [5.74, 6) is 1.36. The van der Waals surface area contributed by atoms with Gasteiger partial charge in [0.15, 0.2) is 0 Å². The minimum absolute atomic E-state index is 0.0176. The molecule has 2 aromatic carbocycles. The van der Waals surface area contributed by atoms with Crippen LogP contribution in [0.1, 0.15) is 58.8 Å². The number of ether oxygens (including phenoxy) is 1. The number of nitriles is 1. The van der Waals surface area contributed by atoms with Crippen molar-refractivity contribution < 1.29 is 14.6 Å². The highest BCUT2D eigenvalue weighted by Gasteiger charge is 2.28. The van der Waals surface area contributed by atoms with E-state index in [9.17, 15) is 9.90 Å². The van der Waals surface area contributed by atoms with Crippen LogP contribution in [0.25, 0.3) is 0 Å². The van der Waals surface area contributed by atoms with Crippen LogP contribution >= 0.6 is 0 Å². The second kappa shape index (κ2) is 9.73. The van der Waals surface area contributed by atoms with Gasteiger partial charge in [-0.2, -0.15) is 5.26 Å². The van der Waals surface area contributed by atoms with E-state index in [0.717, 1.165) is 59.8 Å². The van der Waals surface area contributed by atoms with Crippen molar-refractivity contribution in [1.29, 1.82) is 5.26 Å². The fourth-order valence-electron chi connectivity index (χ4n) is 4.21. The predicted molar refractivity (Wildman–Crippen MR) is 122 cm³/mol. The van der Waals surface area contributed by atoms with E-state index < -0.39 is 0 Å². The topological polar surface area (TPSA) is 98.0 Å². The van der Waals surface area contributed by atoms with Crippen LogP contribution in [-0.4, -0.2) is 41.4 Å². The lowest BCUT2D eigenvalue weighted by Gasteiger charge is -2.19. The number of fused-ring (bicyclic) bond motifs is 2. The van der Waals surface area contributed by atoms with Crippen molar-refractivity contribution in [1.82, 2.24) is 10.2 Å². The maximum absolute atomic E-state index is 13.3. The number of carbonyl (C=O) groups is 1. The lowest BCUT2D eigenvalue weighted by molar-refractivity contribution is 0.0748. The average molecular weight is 433 g/mol. The van der Waals surface area contributed by atoms with Crippen LogP contribution in [0.15, 0.2) is 35.3 Å². The van der Waals surface area contributed by atoms with Crippen LogP contribution < -0.4 is 10.1 Å². The molecular formula is C25H28N4O3. The smallest absolute Gasteiger partial charge is 0.258 e. The Kier molecular flexibility index (Phi) is 6.60. The van der Waals surface area contributed by atoms with Gasteiger partial charge < -0.3 is 20.1 Å². The first-order valence-corrected chi connectivity index (χ1v) is 11.2. The lowest BCUT2D eigenvalue weighted by atomic mass is 9.98. The van der Waals surface area contributed by atoms with Crippen LogP contribution in [-0.2, 0) is 19.5 Å². The Morgan fingerprint density at radius 2 is 2.09 bits per heavy atom.